The molecule has 1 heterocycles. The third-order valence-electron chi connectivity index (χ3n) is 3.15. The zero-order chi connectivity index (χ0) is 17.5. The minimum Gasteiger partial charge on any atom is -0.488 e. The molecule has 0 aliphatic heterocycles. The van der Waals surface area contributed by atoms with Crippen LogP contribution in [0.1, 0.15) is 11.1 Å². The van der Waals surface area contributed by atoms with E-state index in [0.29, 0.717) is 17.4 Å². The maximum Gasteiger partial charge on any atom is 0.363 e. The standard InChI is InChI=1S/C17H14ClN5O2/c18-14-6-3-4-12(8-14)11-25-15-7-2-1-5-13(15)9-19-22-16-10-20-23-17(24)21-16/h1-10H,11H2,(H2,21,22,23,24)/b19-9+. The van der Waals surface area contributed by atoms with E-state index in [2.05, 4.69) is 25.7 Å². The van der Waals surface area contributed by atoms with Crippen LogP contribution in [0.3, 0.4) is 0 Å². The Morgan fingerprint density at radius 2 is 2.12 bits per heavy atom. The van der Waals surface area contributed by atoms with E-state index in [1.54, 1.807) is 6.21 Å². The lowest BCUT2D eigenvalue weighted by Gasteiger charge is -2.09. The number of hydrazone groups is 1. The predicted molar refractivity (Wildman–Crippen MR) is 96.1 cm³/mol. The number of benzene rings is 2. The molecular formula is C17H14ClN5O2. The second-order valence-corrected chi connectivity index (χ2v) is 5.44. The molecule has 0 radical (unpaired) electrons. The maximum atomic E-state index is 11.1. The first kappa shape index (κ1) is 16.7. The number of aromatic amines is 1. The second kappa shape index (κ2) is 8.07. The van der Waals surface area contributed by atoms with Crippen LogP contribution in [0.25, 0.3) is 0 Å². The fourth-order valence-electron chi connectivity index (χ4n) is 2.04. The van der Waals surface area contributed by atoms with Gasteiger partial charge in [-0.1, -0.05) is 35.9 Å². The number of aromatic nitrogens is 3. The molecule has 3 aromatic rings. The molecule has 0 amide bonds. The largest absolute Gasteiger partial charge is 0.488 e. The molecule has 0 fully saturated rings. The van der Waals surface area contributed by atoms with Gasteiger partial charge in [0.15, 0.2) is 5.82 Å². The Morgan fingerprint density at radius 1 is 1.24 bits per heavy atom. The van der Waals surface area contributed by atoms with E-state index in [4.69, 9.17) is 16.3 Å². The van der Waals surface area contributed by atoms with Crippen molar-refractivity contribution in [3.8, 4) is 5.75 Å². The van der Waals surface area contributed by atoms with Gasteiger partial charge in [0.2, 0.25) is 0 Å². The average Bonchev–Trinajstić information content (AvgIpc) is 2.61. The Balaban J connectivity index is 1.68. The Labute approximate surface area is 148 Å². The van der Waals surface area contributed by atoms with Crippen LogP contribution in [0.15, 0.2) is 64.6 Å². The van der Waals surface area contributed by atoms with Crippen LogP contribution >= 0.6 is 11.6 Å². The molecule has 0 spiro atoms. The van der Waals surface area contributed by atoms with Crippen LogP contribution in [-0.2, 0) is 6.61 Å². The van der Waals surface area contributed by atoms with Crippen LogP contribution in [0, 0.1) is 0 Å². The first-order valence-electron chi connectivity index (χ1n) is 7.38. The third kappa shape index (κ3) is 4.89. The normalized spacial score (nSPS) is 10.8. The van der Waals surface area contributed by atoms with E-state index in [1.807, 2.05) is 48.5 Å². The summed E-state index contributed by atoms with van der Waals surface area (Å²) in [6, 6.07) is 14.9. The Morgan fingerprint density at radius 3 is 2.96 bits per heavy atom. The van der Waals surface area contributed by atoms with Gasteiger partial charge in [-0.05, 0) is 29.8 Å². The van der Waals surface area contributed by atoms with Gasteiger partial charge < -0.3 is 4.74 Å². The van der Waals surface area contributed by atoms with Gasteiger partial charge in [0.25, 0.3) is 0 Å². The Bertz CT molecular complexity index is 942. The monoisotopic (exact) mass is 355 g/mol. The number of halogens is 1. The van der Waals surface area contributed by atoms with Crippen molar-refractivity contribution in [2.75, 3.05) is 5.43 Å². The molecule has 7 nitrogen and oxygen atoms in total. The molecule has 2 N–H and O–H groups in total. The molecule has 0 aliphatic carbocycles. The third-order valence-corrected chi connectivity index (χ3v) is 3.39. The number of hydrogen-bond donors (Lipinski definition) is 2. The molecule has 2 aromatic carbocycles. The molecule has 1 aromatic heterocycles. The summed E-state index contributed by atoms with van der Waals surface area (Å²) in [4.78, 5) is 14.7. The van der Waals surface area contributed by atoms with Gasteiger partial charge in [-0.25, -0.2) is 9.89 Å². The molecular weight excluding hydrogens is 342 g/mol. The number of rotatable bonds is 6. The topological polar surface area (TPSA) is 92.3 Å². The van der Waals surface area contributed by atoms with Crippen LogP contribution in [-0.4, -0.2) is 21.4 Å². The van der Waals surface area contributed by atoms with Crippen LogP contribution in [0.2, 0.25) is 5.02 Å². The highest BCUT2D eigenvalue weighted by atomic mass is 35.5. The SMILES string of the molecule is O=c1nc(N/N=C/c2ccccc2OCc2cccc(Cl)c2)cn[nH]1. The van der Waals surface area contributed by atoms with Crippen molar-refractivity contribution in [1.82, 2.24) is 15.2 Å². The minimum atomic E-state index is -0.551. The number of para-hydroxylation sites is 1. The lowest BCUT2D eigenvalue weighted by molar-refractivity contribution is 0.306. The summed E-state index contributed by atoms with van der Waals surface area (Å²) in [5.41, 5.74) is 3.84. The molecule has 0 unspecified atom stereocenters. The fraction of sp³-hybridized carbons (Fsp3) is 0.0588. The zero-order valence-electron chi connectivity index (χ0n) is 13.0. The number of nitrogens with one attached hydrogen (secondary N) is 2. The Kier molecular flexibility index (Phi) is 5.38. The van der Waals surface area contributed by atoms with Gasteiger partial charge in [0, 0.05) is 10.6 Å². The first-order valence-corrected chi connectivity index (χ1v) is 7.75. The highest BCUT2D eigenvalue weighted by Gasteiger charge is 2.02. The number of nitrogens with zero attached hydrogens (tertiary/aromatic N) is 3. The van der Waals surface area contributed by atoms with E-state index in [9.17, 15) is 4.79 Å². The first-order chi connectivity index (χ1) is 12.2. The zero-order valence-corrected chi connectivity index (χ0v) is 13.8. The second-order valence-electron chi connectivity index (χ2n) is 5.00. The van der Waals surface area contributed by atoms with E-state index in [1.165, 1.54) is 6.20 Å². The van der Waals surface area contributed by atoms with Crippen molar-refractivity contribution in [1.29, 1.82) is 0 Å². The van der Waals surface area contributed by atoms with Gasteiger partial charge in [0.1, 0.15) is 12.4 Å². The number of anilines is 1. The summed E-state index contributed by atoms with van der Waals surface area (Å²) >= 11 is 5.98. The maximum absolute atomic E-state index is 11.1. The summed E-state index contributed by atoms with van der Waals surface area (Å²) in [6.45, 7) is 0.387. The molecule has 0 aliphatic rings. The van der Waals surface area contributed by atoms with Gasteiger partial charge in [0.05, 0.1) is 12.4 Å². The fourth-order valence-corrected chi connectivity index (χ4v) is 2.25. The summed E-state index contributed by atoms with van der Waals surface area (Å²) < 4.78 is 5.84. The van der Waals surface area contributed by atoms with Crippen LogP contribution < -0.4 is 15.9 Å². The van der Waals surface area contributed by atoms with Gasteiger partial charge in [-0.3, -0.25) is 5.43 Å². The lowest BCUT2D eigenvalue weighted by atomic mass is 10.2. The molecule has 0 saturated heterocycles. The van der Waals surface area contributed by atoms with Gasteiger partial charge >= 0.3 is 5.69 Å². The predicted octanol–water partition coefficient (Wildman–Crippen LogP) is 2.84. The van der Waals surface area contributed by atoms with Crippen LogP contribution in [0.5, 0.6) is 5.75 Å². The van der Waals surface area contributed by atoms with E-state index < -0.39 is 5.69 Å². The van der Waals surface area contributed by atoms with Crippen LogP contribution in [0.4, 0.5) is 5.82 Å². The van der Waals surface area contributed by atoms with Crippen molar-refractivity contribution in [2.45, 2.75) is 6.61 Å². The number of ether oxygens (including phenoxy) is 1. The molecule has 0 saturated carbocycles. The summed E-state index contributed by atoms with van der Waals surface area (Å²) in [5.74, 6) is 0.919. The van der Waals surface area contributed by atoms with Crippen molar-refractivity contribution < 1.29 is 4.74 Å². The van der Waals surface area contributed by atoms with Crippen molar-refractivity contribution in [2.24, 2.45) is 5.10 Å². The minimum absolute atomic E-state index is 0.248. The molecule has 25 heavy (non-hydrogen) atoms. The molecule has 0 atom stereocenters. The van der Waals surface area contributed by atoms with Crippen molar-refractivity contribution in [3.05, 3.63) is 81.4 Å². The average molecular weight is 356 g/mol. The molecule has 0 bridgehead atoms. The highest BCUT2D eigenvalue weighted by molar-refractivity contribution is 6.30. The van der Waals surface area contributed by atoms with E-state index >= 15 is 0 Å². The van der Waals surface area contributed by atoms with E-state index in [-0.39, 0.29) is 5.82 Å². The quantitative estimate of drug-likeness (QED) is 0.524. The molecule has 8 heteroatoms. The summed E-state index contributed by atoms with van der Waals surface area (Å²) in [7, 11) is 0. The smallest absolute Gasteiger partial charge is 0.363 e. The highest BCUT2D eigenvalue weighted by Crippen LogP contribution is 2.19. The molecule has 126 valence electrons. The number of hydrogen-bond acceptors (Lipinski definition) is 6. The van der Waals surface area contributed by atoms with Crippen molar-refractivity contribution >= 4 is 23.6 Å². The van der Waals surface area contributed by atoms with Gasteiger partial charge in [-0.2, -0.15) is 15.2 Å². The summed E-state index contributed by atoms with van der Waals surface area (Å²) in [6.07, 6.45) is 2.94. The molecule has 3 rings (SSSR count). The van der Waals surface area contributed by atoms with Crippen molar-refractivity contribution in [3.63, 3.8) is 0 Å². The van der Waals surface area contributed by atoms with E-state index in [0.717, 1.165) is 11.1 Å². The summed E-state index contributed by atoms with van der Waals surface area (Å²) in [5, 5.41) is 10.5. The Hall–Kier alpha value is -3.19. The number of H-pyrrole nitrogens is 1. The van der Waals surface area contributed by atoms with Gasteiger partial charge in [-0.15, -0.1) is 0 Å². The lowest BCUT2D eigenvalue weighted by Crippen LogP contribution is -2.13.